The number of thioether (sulfide) groups is 1. The van der Waals surface area contributed by atoms with Crippen molar-refractivity contribution in [2.24, 2.45) is 0 Å². The lowest BCUT2D eigenvalue weighted by Crippen LogP contribution is -2.49. The van der Waals surface area contributed by atoms with Crippen LogP contribution in [0.3, 0.4) is 0 Å². The molecule has 2 heterocycles. The highest BCUT2D eigenvalue weighted by atomic mass is 32.2. The lowest BCUT2D eigenvalue weighted by Gasteiger charge is -2.33. The zero-order chi connectivity index (χ0) is 20.7. The van der Waals surface area contributed by atoms with E-state index < -0.39 is 10.0 Å². The van der Waals surface area contributed by atoms with E-state index in [0.717, 1.165) is 23.6 Å². The van der Waals surface area contributed by atoms with Crippen LogP contribution < -0.4 is 5.32 Å². The van der Waals surface area contributed by atoms with E-state index in [1.807, 2.05) is 23.1 Å². The van der Waals surface area contributed by atoms with Crippen LogP contribution in [0, 0.1) is 0 Å². The Hall–Kier alpha value is -1.17. The second-order valence-electron chi connectivity index (χ2n) is 7.19. The molecule has 1 aromatic rings. The molecule has 0 saturated carbocycles. The largest absolute Gasteiger partial charge is 0.395 e. The number of morpholine rings is 1. The molecule has 29 heavy (non-hydrogen) atoms. The van der Waals surface area contributed by atoms with Crippen LogP contribution in [0.5, 0.6) is 0 Å². The highest BCUT2D eigenvalue weighted by molar-refractivity contribution is 7.99. The van der Waals surface area contributed by atoms with E-state index >= 15 is 0 Å². The van der Waals surface area contributed by atoms with Gasteiger partial charge in [-0.25, -0.2) is 8.42 Å². The number of nitrogens with one attached hydrogen (secondary N) is 1. The van der Waals surface area contributed by atoms with Gasteiger partial charge in [0, 0.05) is 43.7 Å². The predicted molar refractivity (Wildman–Crippen MR) is 113 cm³/mol. The van der Waals surface area contributed by atoms with Gasteiger partial charge < -0.3 is 15.2 Å². The number of nitrogens with zero attached hydrogens (tertiary/aromatic N) is 2. The smallest absolute Gasteiger partial charge is 0.234 e. The molecule has 0 spiro atoms. The maximum absolute atomic E-state index is 12.7. The molecule has 2 saturated heterocycles. The van der Waals surface area contributed by atoms with Crippen molar-refractivity contribution in [3.63, 3.8) is 0 Å². The number of benzene rings is 1. The number of hydrogen-bond acceptors (Lipinski definition) is 7. The summed E-state index contributed by atoms with van der Waals surface area (Å²) in [5.41, 5.74) is 1.49. The normalized spacial score (nSPS) is 21.8. The number of aliphatic hydroxyl groups excluding tert-OH is 1. The molecule has 0 radical (unpaired) electrons. The molecule has 162 valence electrons. The van der Waals surface area contributed by atoms with E-state index in [1.165, 1.54) is 4.31 Å². The first-order chi connectivity index (χ1) is 14.0. The summed E-state index contributed by atoms with van der Waals surface area (Å²) in [4.78, 5) is 14.4. The summed E-state index contributed by atoms with van der Waals surface area (Å²) >= 11 is 1.79. The summed E-state index contributed by atoms with van der Waals surface area (Å²) in [6, 6.07) is 7.30. The van der Waals surface area contributed by atoms with Gasteiger partial charge in [0.05, 0.1) is 32.1 Å². The number of carbonyl (C=O) groups is 1. The highest BCUT2D eigenvalue weighted by Gasteiger charge is 2.26. The van der Waals surface area contributed by atoms with Crippen LogP contribution >= 0.6 is 11.8 Å². The van der Waals surface area contributed by atoms with Gasteiger partial charge in [-0.1, -0.05) is 24.3 Å². The summed E-state index contributed by atoms with van der Waals surface area (Å²) in [7, 11) is -3.43. The van der Waals surface area contributed by atoms with Gasteiger partial charge >= 0.3 is 0 Å². The van der Waals surface area contributed by atoms with Crippen LogP contribution in [0.1, 0.15) is 11.1 Å². The Bertz CT molecular complexity index is 784. The Morgan fingerprint density at radius 3 is 2.66 bits per heavy atom. The van der Waals surface area contributed by atoms with Crippen LogP contribution in [-0.4, -0.2) is 92.2 Å². The summed E-state index contributed by atoms with van der Waals surface area (Å²) in [6.07, 6.45) is 0. The van der Waals surface area contributed by atoms with Gasteiger partial charge in [0.1, 0.15) is 0 Å². The van der Waals surface area contributed by atoms with Gasteiger partial charge in [-0.15, -0.1) is 0 Å². The topological polar surface area (TPSA) is 99.2 Å². The van der Waals surface area contributed by atoms with E-state index in [-0.39, 0.29) is 37.4 Å². The van der Waals surface area contributed by atoms with Crippen molar-refractivity contribution in [1.82, 2.24) is 14.5 Å². The van der Waals surface area contributed by atoms with Gasteiger partial charge in [0.2, 0.25) is 15.9 Å². The fraction of sp³-hybridized carbons (Fsp3) is 0.632. The van der Waals surface area contributed by atoms with Crippen molar-refractivity contribution in [1.29, 1.82) is 0 Å². The molecule has 2 fully saturated rings. The molecule has 0 bridgehead atoms. The van der Waals surface area contributed by atoms with E-state index in [1.54, 1.807) is 17.8 Å². The molecule has 0 aromatic heterocycles. The summed E-state index contributed by atoms with van der Waals surface area (Å²) in [5.74, 6) is 1.56. The van der Waals surface area contributed by atoms with Gasteiger partial charge in [-0.2, -0.15) is 16.1 Å². The Morgan fingerprint density at radius 2 is 1.93 bits per heavy atom. The fourth-order valence-electron chi connectivity index (χ4n) is 3.48. The first kappa shape index (κ1) is 22.5. The Balaban J connectivity index is 1.58. The standard InChI is InChI=1S/C19H29N3O5S2/c23-13-18-14-28-10-7-21(18)12-19(24)20-11-16-3-1-2-4-17(16)15-29(25,26)22-5-8-27-9-6-22/h1-4,18,23H,5-15H2,(H,20,24). The minimum atomic E-state index is -3.43. The zero-order valence-electron chi connectivity index (χ0n) is 16.5. The molecule has 8 nitrogen and oxygen atoms in total. The van der Waals surface area contributed by atoms with E-state index in [4.69, 9.17) is 4.74 Å². The first-order valence-electron chi connectivity index (χ1n) is 9.81. The third kappa shape index (κ3) is 6.40. The maximum Gasteiger partial charge on any atom is 0.234 e. The summed E-state index contributed by atoms with van der Waals surface area (Å²) in [5, 5.41) is 12.4. The van der Waals surface area contributed by atoms with Crippen molar-refractivity contribution in [2.45, 2.75) is 18.3 Å². The summed E-state index contributed by atoms with van der Waals surface area (Å²) in [6.45, 7) is 2.92. The SMILES string of the molecule is O=C(CN1CCSCC1CO)NCc1ccccc1CS(=O)(=O)N1CCOCC1. The minimum Gasteiger partial charge on any atom is -0.395 e. The molecule has 1 amide bonds. The van der Waals surface area contributed by atoms with Crippen molar-refractivity contribution < 1.29 is 23.1 Å². The first-order valence-corrected chi connectivity index (χ1v) is 12.6. The molecular formula is C19H29N3O5S2. The van der Waals surface area contributed by atoms with Crippen molar-refractivity contribution in [3.8, 4) is 0 Å². The van der Waals surface area contributed by atoms with Gasteiger partial charge in [-0.05, 0) is 11.1 Å². The second-order valence-corrected chi connectivity index (χ2v) is 10.3. The average molecular weight is 444 g/mol. The summed E-state index contributed by atoms with van der Waals surface area (Å²) < 4.78 is 32.2. The molecule has 2 aliphatic rings. The second kappa shape index (κ2) is 10.7. The maximum atomic E-state index is 12.7. The lowest BCUT2D eigenvalue weighted by atomic mass is 10.1. The van der Waals surface area contributed by atoms with E-state index in [9.17, 15) is 18.3 Å². The number of amides is 1. The molecule has 1 unspecified atom stereocenters. The van der Waals surface area contributed by atoms with Crippen LogP contribution in [0.25, 0.3) is 0 Å². The molecule has 1 aromatic carbocycles. The van der Waals surface area contributed by atoms with Crippen molar-refractivity contribution in [2.75, 3.05) is 57.5 Å². The number of hydrogen-bond donors (Lipinski definition) is 2. The molecule has 2 aliphatic heterocycles. The third-order valence-electron chi connectivity index (χ3n) is 5.20. The minimum absolute atomic E-state index is 0.00505. The van der Waals surface area contributed by atoms with Crippen LogP contribution in [0.4, 0.5) is 0 Å². The van der Waals surface area contributed by atoms with Crippen LogP contribution in [0.2, 0.25) is 0 Å². The van der Waals surface area contributed by atoms with E-state index in [2.05, 4.69) is 5.32 Å². The van der Waals surface area contributed by atoms with Crippen molar-refractivity contribution >= 4 is 27.7 Å². The van der Waals surface area contributed by atoms with Crippen LogP contribution in [0.15, 0.2) is 24.3 Å². The molecular weight excluding hydrogens is 414 g/mol. The third-order valence-corrected chi connectivity index (χ3v) is 8.12. The van der Waals surface area contributed by atoms with Gasteiger partial charge in [-0.3, -0.25) is 9.69 Å². The molecule has 2 N–H and O–H groups in total. The molecule has 10 heteroatoms. The average Bonchev–Trinajstić information content (AvgIpc) is 2.74. The molecule has 1 atom stereocenters. The lowest BCUT2D eigenvalue weighted by molar-refractivity contribution is -0.123. The number of aliphatic hydroxyl groups is 1. The van der Waals surface area contributed by atoms with Gasteiger partial charge in [0.25, 0.3) is 0 Å². The molecule has 3 rings (SSSR count). The Morgan fingerprint density at radius 1 is 1.21 bits per heavy atom. The monoisotopic (exact) mass is 443 g/mol. The number of sulfonamides is 1. The Labute approximate surface area is 176 Å². The Kier molecular flexibility index (Phi) is 8.34. The van der Waals surface area contributed by atoms with Crippen LogP contribution in [-0.2, 0) is 31.9 Å². The fourth-order valence-corrected chi connectivity index (χ4v) is 6.16. The number of carbonyl (C=O) groups excluding carboxylic acids is 1. The number of rotatable bonds is 8. The predicted octanol–water partition coefficient (Wildman–Crippen LogP) is -0.125. The van der Waals surface area contributed by atoms with Gasteiger partial charge in [0.15, 0.2) is 0 Å². The highest BCUT2D eigenvalue weighted by Crippen LogP contribution is 2.17. The molecule has 0 aliphatic carbocycles. The van der Waals surface area contributed by atoms with Crippen molar-refractivity contribution in [3.05, 3.63) is 35.4 Å². The zero-order valence-corrected chi connectivity index (χ0v) is 18.1. The number of ether oxygens (including phenoxy) is 1. The quantitative estimate of drug-likeness (QED) is 0.578. The van der Waals surface area contributed by atoms with E-state index in [0.29, 0.717) is 31.9 Å².